The summed E-state index contributed by atoms with van der Waals surface area (Å²) in [5.41, 5.74) is 0.883. The molecule has 0 saturated heterocycles. The molecule has 1 aromatic carbocycles. The van der Waals surface area contributed by atoms with Crippen molar-refractivity contribution in [2.75, 3.05) is 6.61 Å². The van der Waals surface area contributed by atoms with E-state index >= 15 is 0 Å². The second-order valence-corrected chi connectivity index (χ2v) is 4.28. The molecule has 4 nitrogen and oxygen atoms in total. The minimum absolute atomic E-state index is 0. The van der Waals surface area contributed by atoms with Crippen molar-refractivity contribution < 1.29 is 48.9 Å². The fourth-order valence-corrected chi connectivity index (χ4v) is 1.56. The molecule has 0 N–H and O–H groups in total. The third kappa shape index (κ3) is 6.97. The van der Waals surface area contributed by atoms with Crippen molar-refractivity contribution >= 4 is 5.97 Å². The summed E-state index contributed by atoms with van der Waals surface area (Å²) in [6.45, 7) is 5.87. The molecule has 0 aliphatic rings. The molecule has 0 spiro atoms. The van der Waals surface area contributed by atoms with E-state index in [9.17, 15) is 9.90 Å². The van der Waals surface area contributed by atoms with E-state index in [4.69, 9.17) is 9.47 Å². The Morgan fingerprint density at radius 2 is 1.84 bits per heavy atom. The summed E-state index contributed by atoms with van der Waals surface area (Å²) in [4.78, 5) is 11.8. The van der Waals surface area contributed by atoms with E-state index in [1.807, 2.05) is 6.92 Å². The van der Waals surface area contributed by atoms with E-state index in [1.165, 1.54) is 12.1 Å². The van der Waals surface area contributed by atoms with Crippen LogP contribution in [0, 0.1) is 0 Å². The third-order valence-corrected chi connectivity index (χ3v) is 2.33. The average Bonchev–Trinajstić information content (AvgIpc) is 2.30. The Kier molecular flexibility index (Phi) is 9.10. The largest absolute Gasteiger partial charge is 1.00 e. The molecule has 0 amide bonds. The van der Waals surface area contributed by atoms with Crippen LogP contribution in [0.1, 0.15) is 26.3 Å². The van der Waals surface area contributed by atoms with Crippen LogP contribution in [0.15, 0.2) is 24.3 Å². The van der Waals surface area contributed by atoms with E-state index in [2.05, 4.69) is 0 Å². The van der Waals surface area contributed by atoms with Crippen LogP contribution in [0.2, 0.25) is 0 Å². The van der Waals surface area contributed by atoms with Crippen LogP contribution >= 0.6 is 0 Å². The maximum atomic E-state index is 11.8. The fraction of sp³-hybridized carbons (Fsp3) is 0.500. The Bertz CT molecular complexity index is 376. The number of esters is 1. The number of rotatable bonds is 6. The summed E-state index contributed by atoms with van der Waals surface area (Å²) in [6, 6.07) is 6.37. The molecule has 1 atom stereocenters. The molecule has 0 aliphatic heterocycles. The number of hydrogen-bond acceptors (Lipinski definition) is 4. The van der Waals surface area contributed by atoms with E-state index in [0.29, 0.717) is 13.0 Å². The van der Waals surface area contributed by atoms with E-state index < -0.39 is 6.10 Å². The van der Waals surface area contributed by atoms with Crippen LogP contribution in [-0.2, 0) is 20.7 Å². The Hall–Kier alpha value is -0.550. The first-order valence-electron chi connectivity index (χ1n) is 6.11. The molecular weight excluding hydrogens is 255 g/mol. The van der Waals surface area contributed by atoms with Gasteiger partial charge in [-0.1, -0.05) is 24.3 Å². The summed E-state index contributed by atoms with van der Waals surface area (Å²) >= 11 is 0. The number of carbonyl (C=O) groups excluding carboxylic acids is 1. The van der Waals surface area contributed by atoms with Gasteiger partial charge in [0.25, 0.3) is 0 Å². The number of hydrogen-bond donors (Lipinski definition) is 0. The van der Waals surface area contributed by atoms with Gasteiger partial charge in [0, 0.05) is 13.0 Å². The molecule has 19 heavy (non-hydrogen) atoms. The van der Waals surface area contributed by atoms with Crippen LogP contribution in [0.4, 0.5) is 0 Å². The molecule has 5 heteroatoms. The van der Waals surface area contributed by atoms with Gasteiger partial charge in [0.05, 0.1) is 6.10 Å². The molecule has 1 rings (SSSR count). The van der Waals surface area contributed by atoms with Gasteiger partial charge in [-0.3, -0.25) is 0 Å². The summed E-state index contributed by atoms with van der Waals surface area (Å²) in [5.74, 6) is -0.408. The predicted octanol–water partition coefficient (Wildman–Crippen LogP) is -1.34. The minimum Gasteiger partial charge on any atom is -0.872 e. The molecule has 0 aliphatic carbocycles. The monoisotopic (exact) mass is 274 g/mol. The summed E-state index contributed by atoms with van der Waals surface area (Å²) < 4.78 is 10.5. The molecule has 0 bridgehead atoms. The first-order valence-corrected chi connectivity index (χ1v) is 6.11. The van der Waals surface area contributed by atoms with Crippen molar-refractivity contribution in [3.63, 3.8) is 0 Å². The summed E-state index contributed by atoms with van der Waals surface area (Å²) in [6.07, 6.45) is -0.362. The summed E-state index contributed by atoms with van der Waals surface area (Å²) in [7, 11) is 0. The van der Waals surface area contributed by atoms with Crippen LogP contribution in [0.5, 0.6) is 5.75 Å². The van der Waals surface area contributed by atoms with Crippen LogP contribution < -0.4 is 34.7 Å². The zero-order valence-corrected chi connectivity index (χ0v) is 14.0. The minimum atomic E-state index is -0.616. The Labute approximate surface area is 136 Å². The van der Waals surface area contributed by atoms with Gasteiger partial charge in [-0.2, -0.15) is 0 Å². The van der Waals surface area contributed by atoms with Crippen molar-refractivity contribution in [1.82, 2.24) is 0 Å². The standard InChI is InChI=1S/C14H20O4.Na/c1-4-17-13(14(16)18-10(2)3)9-11-5-7-12(15)8-6-11;/h5-8,10,13,15H,4,9H2,1-3H3;/q;+1/p-1/t13-;/m0./s1. The Balaban J connectivity index is 0.00000324. The van der Waals surface area contributed by atoms with E-state index in [0.717, 1.165) is 5.56 Å². The second kappa shape index (κ2) is 9.37. The SMILES string of the molecule is CCO[C@@H](Cc1ccc([O-])cc1)C(=O)OC(C)C.[Na+]. The van der Waals surface area contributed by atoms with Crippen molar-refractivity contribution in [2.45, 2.75) is 39.4 Å². The number of ether oxygens (including phenoxy) is 2. The van der Waals surface area contributed by atoms with E-state index in [1.54, 1.807) is 26.0 Å². The first kappa shape index (κ1) is 18.4. The van der Waals surface area contributed by atoms with Crippen molar-refractivity contribution in [1.29, 1.82) is 0 Å². The number of benzene rings is 1. The van der Waals surface area contributed by atoms with Crippen molar-refractivity contribution in [2.24, 2.45) is 0 Å². The van der Waals surface area contributed by atoms with Crippen LogP contribution in [0.3, 0.4) is 0 Å². The molecule has 0 saturated carbocycles. The maximum Gasteiger partial charge on any atom is 1.00 e. The van der Waals surface area contributed by atoms with Gasteiger partial charge in [0.1, 0.15) is 0 Å². The predicted molar refractivity (Wildman–Crippen MR) is 66.2 cm³/mol. The van der Waals surface area contributed by atoms with Crippen LogP contribution in [0.25, 0.3) is 0 Å². The van der Waals surface area contributed by atoms with Crippen LogP contribution in [-0.4, -0.2) is 24.8 Å². The molecule has 0 fully saturated rings. The molecule has 0 aromatic heterocycles. The number of carbonyl (C=O) groups is 1. The third-order valence-electron chi connectivity index (χ3n) is 2.33. The molecule has 0 heterocycles. The smallest absolute Gasteiger partial charge is 0.872 e. The second-order valence-electron chi connectivity index (χ2n) is 4.28. The molecule has 1 aromatic rings. The van der Waals surface area contributed by atoms with Gasteiger partial charge < -0.3 is 14.6 Å². The fourth-order valence-electron chi connectivity index (χ4n) is 1.56. The zero-order valence-electron chi connectivity index (χ0n) is 12.0. The van der Waals surface area contributed by atoms with Gasteiger partial charge in [0.2, 0.25) is 0 Å². The normalized spacial score (nSPS) is 11.8. The molecule has 0 radical (unpaired) electrons. The van der Waals surface area contributed by atoms with Gasteiger partial charge in [0.15, 0.2) is 6.10 Å². The van der Waals surface area contributed by atoms with Gasteiger partial charge in [-0.15, -0.1) is 5.75 Å². The summed E-state index contributed by atoms with van der Waals surface area (Å²) in [5, 5.41) is 11.0. The van der Waals surface area contributed by atoms with Gasteiger partial charge in [-0.25, -0.2) is 4.79 Å². The maximum absolute atomic E-state index is 11.8. The molecule has 0 unspecified atom stereocenters. The van der Waals surface area contributed by atoms with Crippen molar-refractivity contribution in [3.8, 4) is 5.75 Å². The average molecular weight is 274 g/mol. The van der Waals surface area contributed by atoms with Gasteiger partial charge >= 0.3 is 35.5 Å². The molecular formula is C14H19NaO4. The van der Waals surface area contributed by atoms with Gasteiger partial charge in [-0.05, 0) is 26.3 Å². The Morgan fingerprint density at radius 1 is 1.26 bits per heavy atom. The molecule has 100 valence electrons. The topological polar surface area (TPSA) is 58.6 Å². The zero-order chi connectivity index (χ0) is 13.5. The Morgan fingerprint density at radius 3 is 2.32 bits per heavy atom. The first-order chi connectivity index (χ1) is 8.52. The van der Waals surface area contributed by atoms with E-state index in [-0.39, 0.29) is 47.4 Å². The quantitative estimate of drug-likeness (QED) is 0.476. The van der Waals surface area contributed by atoms with Crippen molar-refractivity contribution in [3.05, 3.63) is 29.8 Å².